The van der Waals surface area contributed by atoms with E-state index in [2.05, 4.69) is 4.98 Å². The zero-order chi connectivity index (χ0) is 14.3. The molecule has 3 rings (SSSR count). The predicted molar refractivity (Wildman–Crippen MR) is 75.1 cm³/mol. The van der Waals surface area contributed by atoms with Gasteiger partial charge in [-0.1, -0.05) is 23.7 Å². The molecular formula is C14H8ClFN2O2. The first kappa shape index (κ1) is 12.6. The maximum Gasteiger partial charge on any atom is 0.333 e. The number of nitrogens with one attached hydrogen (secondary N) is 1. The first-order valence-electron chi connectivity index (χ1n) is 5.77. The molecule has 3 aromatic rings. The molecule has 0 fully saturated rings. The van der Waals surface area contributed by atoms with Crippen molar-refractivity contribution in [1.82, 2.24) is 9.55 Å². The van der Waals surface area contributed by atoms with Gasteiger partial charge in [0.25, 0.3) is 5.56 Å². The average Bonchev–Trinajstić information content (AvgIpc) is 2.43. The maximum atomic E-state index is 13.2. The predicted octanol–water partition coefficient (Wildman–Crippen LogP) is 2.47. The Balaban J connectivity index is 2.39. The second kappa shape index (κ2) is 4.61. The summed E-state index contributed by atoms with van der Waals surface area (Å²) in [4.78, 5) is 27.0. The second-order valence-corrected chi connectivity index (χ2v) is 4.62. The summed E-state index contributed by atoms with van der Waals surface area (Å²) in [5.74, 6) is -0.610. The first-order valence-corrected chi connectivity index (χ1v) is 6.15. The molecule has 2 aromatic carbocycles. The lowest BCUT2D eigenvalue weighted by Gasteiger charge is -2.07. The highest BCUT2D eigenvalue weighted by molar-refractivity contribution is 6.30. The molecule has 0 unspecified atom stereocenters. The van der Waals surface area contributed by atoms with Crippen LogP contribution in [0.3, 0.4) is 0 Å². The number of fused-ring (bicyclic) bond motifs is 1. The molecule has 6 heteroatoms. The van der Waals surface area contributed by atoms with Crippen molar-refractivity contribution in [3.8, 4) is 5.69 Å². The topological polar surface area (TPSA) is 54.9 Å². The van der Waals surface area contributed by atoms with Crippen molar-refractivity contribution in [2.75, 3.05) is 0 Å². The number of para-hydroxylation sites is 1. The van der Waals surface area contributed by atoms with Gasteiger partial charge in [-0.2, -0.15) is 0 Å². The van der Waals surface area contributed by atoms with E-state index in [-0.39, 0.29) is 10.7 Å². The molecule has 0 atom stereocenters. The fourth-order valence-electron chi connectivity index (χ4n) is 2.02. The molecule has 0 amide bonds. The van der Waals surface area contributed by atoms with Gasteiger partial charge in [0.05, 0.1) is 21.6 Å². The van der Waals surface area contributed by atoms with Crippen LogP contribution in [0.15, 0.2) is 52.1 Å². The Morgan fingerprint density at radius 1 is 1.10 bits per heavy atom. The Bertz CT molecular complexity index is 930. The smallest absolute Gasteiger partial charge is 0.306 e. The summed E-state index contributed by atoms with van der Waals surface area (Å²) in [7, 11) is 0. The van der Waals surface area contributed by atoms with Crippen LogP contribution in [0, 0.1) is 5.82 Å². The van der Waals surface area contributed by atoms with Crippen LogP contribution in [0.4, 0.5) is 4.39 Å². The number of hydrogen-bond donors (Lipinski definition) is 1. The Hall–Kier alpha value is -2.40. The Morgan fingerprint density at radius 3 is 2.60 bits per heavy atom. The zero-order valence-electron chi connectivity index (χ0n) is 10.1. The highest BCUT2D eigenvalue weighted by Crippen LogP contribution is 2.17. The minimum Gasteiger partial charge on any atom is -0.306 e. The van der Waals surface area contributed by atoms with Crippen LogP contribution >= 0.6 is 11.6 Å². The summed E-state index contributed by atoms with van der Waals surface area (Å²) in [5.41, 5.74) is -0.413. The van der Waals surface area contributed by atoms with Crippen molar-refractivity contribution in [2.45, 2.75) is 0 Å². The van der Waals surface area contributed by atoms with E-state index in [0.29, 0.717) is 10.9 Å². The number of benzene rings is 2. The molecule has 100 valence electrons. The standard InChI is InChI=1S/C14H8ClFN2O2/c15-10-7-8(5-6-11(10)16)18-13(19)9-3-1-2-4-12(9)17-14(18)20/h1-7H,(H,17,20). The number of aromatic nitrogens is 2. The van der Waals surface area contributed by atoms with Crippen LogP contribution in [-0.2, 0) is 0 Å². The van der Waals surface area contributed by atoms with E-state index in [0.717, 1.165) is 10.6 Å². The number of H-pyrrole nitrogens is 1. The van der Waals surface area contributed by atoms with Gasteiger partial charge in [0, 0.05) is 0 Å². The molecule has 0 saturated heterocycles. The van der Waals surface area contributed by atoms with Crippen LogP contribution < -0.4 is 11.2 Å². The van der Waals surface area contributed by atoms with Crippen LogP contribution in [0.5, 0.6) is 0 Å². The van der Waals surface area contributed by atoms with Gasteiger partial charge >= 0.3 is 5.69 Å². The van der Waals surface area contributed by atoms with Gasteiger partial charge < -0.3 is 4.98 Å². The molecule has 0 spiro atoms. The molecule has 1 N–H and O–H groups in total. The van der Waals surface area contributed by atoms with Crippen molar-refractivity contribution in [2.24, 2.45) is 0 Å². The van der Waals surface area contributed by atoms with E-state index in [4.69, 9.17) is 11.6 Å². The maximum absolute atomic E-state index is 13.2. The Morgan fingerprint density at radius 2 is 1.85 bits per heavy atom. The fourth-order valence-corrected chi connectivity index (χ4v) is 2.20. The minimum absolute atomic E-state index is 0.151. The van der Waals surface area contributed by atoms with Gasteiger partial charge in [0.1, 0.15) is 5.82 Å². The summed E-state index contributed by atoms with van der Waals surface area (Å²) in [5, 5.41) is 0.217. The summed E-state index contributed by atoms with van der Waals surface area (Å²) < 4.78 is 14.1. The molecule has 0 aliphatic carbocycles. The molecule has 4 nitrogen and oxygen atoms in total. The van der Waals surface area contributed by atoms with E-state index < -0.39 is 17.1 Å². The molecular weight excluding hydrogens is 283 g/mol. The van der Waals surface area contributed by atoms with Crippen LogP contribution in [0.25, 0.3) is 16.6 Å². The lowest BCUT2D eigenvalue weighted by atomic mass is 10.2. The van der Waals surface area contributed by atoms with E-state index in [1.54, 1.807) is 24.3 Å². The number of aromatic amines is 1. The third kappa shape index (κ3) is 1.92. The molecule has 1 aromatic heterocycles. The van der Waals surface area contributed by atoms with Gasteiger partial charge in [0.15, 0.2) is 0 Å². The Labute approximate surface area is 117 Å². The van der Waals surface area contributed by atoms with Gasteiger partial charge in [-0.3, -0.25) is 4.79 Å². The van der Waals surface area contributed by atoms with Crippen molar-refractivity contribution in [1.29, 1.82) is 0 Å². The van der Waals surface area contributed by atoms with E-state index >= 15 is 0 Å². The summed E-state index contributed by atoms with van der Waals surface area (Å²) in [6, 6.07) is 10.3. The van der Waals surface area contributed by atoms with E-state index in [1.807, 2.05) is 0 Å². The van der Waals surface area contributed by atoms with Crippen molar-refractivity contribution < 1.29 is 4.39 Å². The molecule has 1 heterocycles. The van der Waals surface area contributed by atoms with Crippen LogP contribution in [-0.4, -0.2) is 9.55 Å². The molecule has 0 aliphatic heterocycles. The highest BCUT2D eigenvalue weighted by atomic mass is 35.5. The van der Waals surface area contributed by atoms with E-state index in [9.17, 15) is 14.0 Å². The molecule has 0 radical (unpaired) electrons. The lowest BCUT2D eigenvalue weighted by Crippen LogP contribution is -2.33. The second-order valence-electron chi connectivity index (χ2n) is 4.21. The van der Waals surface area contributed by atoms with E-state index in [1.165, 1.54) is 12.1 Å². The minimum atomic E-state index is -0.610. The first-order chi connectivity index (χ1) is 9.58. The SMILES string of the molecule is O=c1[nH]c2ccccc2c(=O)n1-c1ccc(F)c(Cl)c1. The van der Waals surface area contributed by atoms with Gasteiger partial charge in [-0.15, -0.1) is 0 Å². The van der Waals surface area contributed by atoms with Gasteiger partial charge in [-0.25, -0.2) is 13.8 Å². The molecule has 0 saturated carbocycles. The number of rotatable bonds is 1. The van der Waals surface area contributed by atoms with Crippen molar-refractivity contribution in [3.05, 3.63) is 74.1 Å². The number of hydrogen-bond acceptors (Lipinski definition) is 2. The van der Waals surface area contributed by atoms with Crippen LogP contribution in [0.1, 0.15) is 0 Å². The normalized spacial score (nSPS) is 10.9. The third-order valence-electron chi connectivity index (χ3n) is 2.97. The lowest BCUT2D eigenvalue weighted by molar-refractivity contribution is 0.627. The molecule has 0 aliphatic rings. The Kier molecular flexibility index (Phi) is 2.91. The van der Waals surface area contributed by atoms with Crippen molar-refractivity contribution >= 4 is 22.5 Å². The van der Waals surface area contributed by atoms with Crippen LogP contribution in [0.2, 0.25) is 5.02 Å². The fraction of sp³-hybridized carbons (Fsp3) is 0. The number of nitrogens with zero attached hydrogens (tertiary/aromatic N) is 1. The highest BCUT2D eigenvalue weighted by Gasteiger charge is 2.10. The average molecular weight is 291 g/mol. The van der Waals surface area contributed by atoms with Gasteiger partial charge in [-0.05, 0) is 30.3 Å². The quantitative estimate of drug-likeness (QED) is 0.748. The third-order valence-corrected chi connectivity index (χ3v) is 3.26. The molecule has 0 bridgehead atoms. The molecule has 20 heavy (non-hydrogen) atoms. The van der Waals surface area contributed by atoms with Crippen molar-refractivity contribution in [3.63, 3.8) is 0 Å². The number of halogens is 2. The summed E-state index contributed by atoms with van der Waals surface area (Å²) >= 11 is 5.68. The summed E-state index contributed by atoms with van der Waals surface area (Å²) in [6.45, 7) is 0. The largest absolute Gasteiger partial charge is 0.333 e. The monoisotopic (exact) mass is 290 g/mol. The zero-order valence-corrected chi connectivity index (χ0v) is 10.8. The van der Waals surface area contributed by atoms with Gasteiger partial charge in [0.2, 0.25) is 0 Å². The summed E-state index contributed by atoms with van der Waals surface area (Å²) in [6.07, 6.45) is 0.